The van der Waals surface area contributed by atoms with E-state index < -0.39 is 0 Å². The summed E-state index contributed by atoms with van der Waals surface area (Å²) in [4.78, 5) is 18.3. The Morgan fingerprint density at radius 2 is 0.818 bits per heavy atom. The summed E-state index contributed by atoms with van der Waals surface area (Å²) in [6, 6.07) is 60.8. The minimum Gasteiger partial charge on any atom is -0.308 e. The van der Waals surface area contributed by atoms with Crippen molar-refractivity contribution in [2.24, 2.45) is 0 Å². The van der Waals surface area contributed by atoms with E-state index in [0.717, 1.165) is 33.8 Å². The van der Waals surface area contributed by atoms with Gasteiger partial charge >= 0.3 is 0 Å². The molecule has 12 rings (SSSR count). The number of hydrogen-bond acceptors (Lipinski definition) is 6. The lowest BCUT2D eigenvalue weighted by Crippen LogP contribution is -2.16. The molecule has 3 aromatic heterocycles. The number of anilines is 3. The second kappa shape index (κ2) is 11.9. The summed E-state index contributed by atoms with van der Waals surface area (Å²) in [5.41, 5.74) is 8.57. The number of thiophene rings is 2. The summed E-state index contributed by atoms with van der Waals surface area (Å²) in [6.07, 6.45) is 0. The van der Waals surface area contributed by atoms with Gasteiger partial charge in [0.2, 0.25) is 0 Å². The van der Waals surface area contributed by atoms with E-state index in [1.807, 2.05) is 22.7 Å². The van der Waals surface area contributed by atoms with E-state index in [1.165, 1.54) is 62.2 Å². The summed E-state index contributed by atoms with van der Waals surface area (Å²) in [5, 5.41) is 7.37. The van der Waals surface area contributed by atoms with Crippen LogP contribution in [0.15, 0.2) is 170 Å². The minimum atomic E-state index is 0.629. The fourth-order valence-electron chi connectivity index (χ4n) is 8.36. The van der Waals surface area contributed by atoms with Crippen LogP contribution in [0.3, 0.4) is 0 Å². The first kappa shape index (κ1) is 30.7. The molecular weight excluding hydrogens is 709 g/mol. The number of fused-ring (bicyclic) bond motifs is 8. The van der Waals surface area contributed by atoms with E-state index in [9.17, 15) is 0 Å². The van der Waals surface area contributed by atoms with Crippen molar-refractivity contribution in [3.8, 4) is 45.3 Å². The smallest absolute Gasteiger partial charge is 0.166 e. The SMILES string of the molecule is c1ccc(N2c3ccccc3-c3cccc4cccc2c34)c(-c2nc(-c3ccc4sc5ccccc5c4c3)nc(-c3ccc4sc5ccccc5c4c3)n2)c1. The molecule has 0 aliphatic carbocycles. The van der Waals surface area contributed by atoms with Crippen LogP contribution in [0, 0.1) is 0 Å². The molecule has 0 saturated heterocycles. The van der Waals surface area contributed by atoms with E-state index in [2.05, 4.69) is 175 Å². The first-order chi connectivity index (χ1) is 27.2. The molecule has 0 saturated carbocycles. The summed E-state index contributed by atoms with van der Waals surface area (Å²) in [7, 11) is 0. The average Bonchev–Trinajstić information content (AvgIpc) is 3.81. The average molecular weight is 737 g/mol. The van der Waals surface area contributed by atoms with Crippen molar-refractivity contribution in [2.75, 3.05) is 4.90 Å². The van der Waals surface area contributed by atoms with E-state index in [0.29, 0.717) is 17.5 Å². The van der Waals surface area contributed by atoms with Crippen LogP contribution in [-0.2, 0) is 0 Å². The van der Waals surface area contributed by atoms with Gasteiger partial charge in [-0.15, -0.1) is 22.7 Å². The summed E-state index contributed by atoms with van der Waals surface area (Å²) in [5.74, 6) is 1.92. The second-order valence-corrected chi connectivity index (χ2v) is 16.1. The molecule has 0 unspecified atom stereocenters. The second-order valence-electron chi connectivity index (χ2n) is 14.0. The van der Waals surface area contributed by atoms with Gasteiger partial charge in [-0.3, -0.25) is 0 Å². The fourth-order valence-corrected chi connectivity index (χ4v) is 10.5. The van der Waals surface area contributed by atoms with Gasteiger partial charge in [-0.2, -0.15) is 0 Å². The molecule has 0 fully saturated rings. The standard InChI is InChI=1S/C49H28N4S2/c1-5-18-39-32(13-1)35-17-9-11-29-12-10-20-41(46(29)35)53(39)40-19-6-2-16-36(40)49-51-47(30-23-25-44-37(27-30)33-14-3-7-21-42(33)54-44)50-48(52-49)31-24-26-45-38(28-31)34-15-4-8-22-43(34)55-45/h1-28H. The van der Waals surface area contributed by atoms with Crippen LogP contribution in [-0.4, -0.2) is 15.0 Å². The molecular formula is C49H28N4S2. The van der Waals surface area contributed by atoms with Gasteiger partial charge in [-0.1, -0.05) is 97.1 Å². The molecule has 4 nitrogen and oxygen atoms in total. The number of para-hydroxylation sites is 2. The Balaban J connectivity index is 1.11. The van der Waals surface area contributed by atoms with Crippen molar-refractivity contribution in [1.82, 2.24) is 15.0 Å². The molecule has 0 radical (unpaired) electrons. The van der Waals surface area contributed by atoms with E-state index in [-0.39, 0.29) is 0 Å². The Morgan fingerprint density at radius 1 is 0.345 bits per heavy atom. The van der Waals surface area contributed by atoms with Crippen LogP contribution in [0.4, 0.5) is 17.1 Å². The lowest BCUT2D eigenvalue weighted by Gasteiger charge is -2.34. The quantitative estimate of drug-likeness (QED) is 0.180. The lowest BCUT2D eigenvalue weighted by atomic mass is 9.90. The van der Waals surface area contributed by atoms with Crippen LogP contribution in [0.25, 0.3) is 96.4 Å². The van der Waals surface area contributed by atoms with Crippen molar-refractivity contribution in [3.63, 3.8) is 0 Å². The monoisotopic (exact) mass is 736 g/mol. The van der Waals surface area contributed by atoms with Crippen molar-refractivity contribution in [3.05, 3.63) is 170 Å². The Labute approximate surface area is 324 Å². The van der Waals surface area contributed by atoms with Gasteiger partial charge in [0.15, 0.2) is 17.5 Å². The zero-order chi connectivity index (χ0) is 36.0. The van der Waals surface area contributed by atoms with Gasteiger partial charge in [-0.25, -0.2) is 15.0 Å². The van der Waals surface area contributed by atoms with E-state index in [1.54, 1.807) is 0 Å². The predicted molar refractivity (Wildman–Crippen MR) is 233 cm³/mol. The maximum absolute atomic E-state index is 5.33. The highest BCUT2D eigenvalue weighted by molar-refractivity contribution is 7.26. The molecule has 1 aliphatic rings. The Bertz CT molecular complexity index is 3220. The van der Waals surface area contributed by atoms with Crippen molar-refractivity contribution in [1.29, 1.82) is 0 Å². The maximum Gasteiger partial charge on any atom is 0.166 e. The number of aromatic nitrogens is 3. The van der Waals surface area contributed by atoms with Crippen LogP contribution in [0.5, 0.6) is 0 Å². The van der Waals surface area contributed by atoms with Crippen LogP contribution < -0.4 is 4.90 Å². The first-order valence-corrected chi connectivity index (χ1v) is 20.0. The highest BCUT2D eigenvalue weighted by Crippen LogP contribution is 2.52. The number of hydrogen-bond donors (Lipinski definition) is 0. The third-order valence-electron chi connectivity index (χ3n) is 10.8. The Kier molecular flexibility index (Phi) is 6.64. The molecule has 11 aromatic rings. The van der Waals surface area contributed by atoms with Gasteiger partial charge in [0.05, 0.1) is 17.1 Å². The maximum atomic E-state index is 5.33. The highest BCUT2D eigenvalue weighted by atomic mass is 32.1. The fraction of sp³-hybridized carbons (Fsp3) is 0. The van der Waals surface area contributed by atoms with Gasteiger partial charge in [0.25, 0.3) is 0 Å². The predicted octanol–water partition coefficient (Wildman–Crippen LogP) is 14.2. The van der Waals surface area contributed by atoms with Gasteiger partial charge in [0.1, 0.15) is 0 Å². The molecule has 6 heteroatoms. The third-order valence-corrected chi connectivity index (χ3v) is 13.2. The number of rotatable bonds is 4. The van der Waals surface area contributed by atoms with E-state index in [4.69, 9.17) is 15.0 Å². The number of benzene rings is 8. The molecule has 256 valence electrons. The van der Waals surface area contributed by atoms with Gasteiger partial charge < -0.3 is 4.90 Å². The van der Waals surface area contributed by atoms with E-state index >= 15 is 0 Å². The highest BCUT2D eigenvalue weighted by Gasteiger charge is 2.28. The largest absolute Gasteiger partial charge is 0.308 e. The Morgan fingerprint density at radius 3 is 1.47 bits per heavy atom. The van der Waals surface area contributed by atoms with Crippen LogP contribution in [0.2, 0.25) is 0 Å². The van der Waals surface area contributed by atoms with Crippen LogP contribution >= 0.6 is 22.7 Å². The normalized spacial score (nSPS) is 12.3. The van der Waals surface area contributed by atoms with Crippen molar-refractivity contribution >= 4 is 90.9 Å². The van der Waals surface area contributed by atoms with Crippen LogP contribution in [0.1, 0.15) is 0 Å². The molecule has 0 spiro atoms. The molecule has 0 amide bonds. The van der Waals surface area contributed by atoms with Gasteiger partial charge in [0, 0.05) is 68.0 Å². The zero-order valence-corrected chi connectivity index (χ0v) is 30.9. The third kappa shape index (κ3) is 4.72. The van der Waals surface area contributed by atoms with Crippen molar-refractivity contribution < 1.29 is 0 Å². The molecule has 55 heavy (non-hydrogen) atoms. The van der Waals surface area contributed by atoms with Gasteiger partial charge in [-0.05, 0) is 83.7 Å². The first-order valence-electron chi connectivity index (χ1n) is 18.4. The van der Waals surface area contributed by atoms with Crippen molar-refractivity contribution in [2.45, 2.75) is 0 Å². The minimum absolute atomic E-state index is 0.629. The molecule has 0 atom stereocenters. The summed E-state index contributed by atoms with van der Waals surface area (Å²) in [6.45, 7) is 0. The molecule has 1 aliphatic heterocycles. The topological polar surface area (TPSA) is 41.9 Å². The number of nitrogens with zero attached hydrogens (tertiary/aromatic N) is 4. The zero-order valence-electron chi connectivity index (χ0n) is 29.3. The molecule has 8 aromatic carbocycles. The summed E-state index contributed by atoms with van der Waals surface area (Å²) >= 11 is 3.63. The molecule has 4 heterocycles. The Hall–Kier alpha value is -6.73. The molecule has 0 N–H and O–H groups in total. The lowest BCUT2D eigenvalue weighted by molar-refractivity contribution is 1.07. The summed E-state index contributed by atoms with van der Waals surface area (Å²) < 4.78 is 5.04. The molecule has 0 bridgehead atoms.